The van der Waals surface area contributed by atoms with Crippen LogP contribution in [0.5, 0.6) is 0 Å². The number of benzene rings is 1. The molecule has 1 heterocycles. The molecule has 1 aliphatic rings. The van der Waals surface area contributed by atoms with Gasteiger partial charge in [0.1, 0.15) is 0 Å². The van der Waals surface area contributed by atoms with E-state index < -0.39 is 5.97 Å². The molecule has 1 unspecified atom stereocenters. The van der Waals surface area contributed by atoms with Gasteiger partial charge in [0.05, 0.1) is 5.56 Å². The molecule has 0 bridgehead atoms. The average Bonchev–Trinajstić information content (AvgIpc) is 2.42. The van der Waals surface area contributed by atoms with Crippen LogP contribution in [0.2, 0.25) is 0 Å². The maximum absolute atomic E-state index is 11.9. The highest BCUT2D eigenvalue weighted by Crippen LogP contribution is 2.18. The van der Waals surface area contributed by atoms with E-state index in [0.717, 1.165) is 29.9 Å². The van der Waals surface area contributed by atoms with E-state index in [9.17, 15) is 9.59 Å². The molecule has 3 N–H and O–H groups in total. The van der Waals surface area contributed by atoms with Gasteiger partial charge in [-0.3, -0.25) is 0 Å². The van der Waals surface area contributed by atoms with Gasteiger partial charge in [-0.05, 0) is 49.3 Å². The standard InChI is InChI=1S/C14H18N2O3S/c1-9-7-10(13(17)18)4-5-12(9)16-14(19)15-11-3-2-6-20-8-11/h4-5,7,11H,2-3,6,8H2,1H3,(H,17,18)(H2,15,16,19). The number of carboxylic acids is 1. The third-order valence-corrected chi connectivity index (χ3v) is 4.43. The average molecular weight is 294 g/mol. The van der Waals surface area contributed by atoms with Crippen LogP contribution in [0, 0.1) is 6.92 Å². The van der Waals surface area contributed by atoms with Crippen LogP contribution in [-0.4, -0.2) is 34.7 Å². The van der Waals surface area contributed by atoms with Crippen LogP contribution in [-0.2, 0) is 0 Å². The van der Waals surface area contributed by atoms with Gasteiger partial charge in [-0.25, -0.2) is 9.59 Å². The minimum Gasteiger partial charge on any atom is -0.478 e. The zero-order chi connectivity index (χ0) is 14.5. The number of hydrogen-bond acceptors (Lipinski definition) is 3. The van der Waals surface area contributed by atoms with E-state index in [4.69, 9.17) is 5.11 Å². The fourth-order valence-corrected chi connectivity index (χ4v) is 3.21. The number of carbonyl (C=O) groups excluding carboxylic acids is 1. The molecule has 108 valence electrons. The van der Waals surface area contributed by atoms with Gasteiger partial charge in [-0.2, -0.15) is 11.8 Å². The van der Waals surface area contributed by atoms with Gasteiger partial charge in [0.2, 0.25) is 0 Å². The highest BCUT2D eigenvalue weighted by Gasteiger charge is 2.16. The van der Waals surface area contributed by atoms with Crippen molar-refractivity contribution in [3.8, 4) is 0 Å². The lowest BCUT2D eigenvalue weighted by molar-refractivity contribution is 0.0697. The first-order valence-electron chi connectivity index (χ1n) is 6.55. The van der Waals surface area contributed by atoms with Crippen molar-refractivity contribution < 1.29 is 14.7 Å². The van der Waals surface area contributed by atoms with Crippen molar-refractivity contribution in [1.29, 1.82) is 0 Å². The molecule has 6 heteroatoms. The lowest BCUT2D eigenvalue weighted by Crippen LogP contribution is -2.40. The zero-order valence-corrected chi connectivity index (χ0v) is 12.1. The molecule has 0 saturated carbocycles. The van der Waals surface area contributed by atoms with E-state index in [1.165, 1.54) is 6.07 Å². The van der Waals surface area contributed by atoms with Crippen molar-refractivity contribution >= 4 is 29.4 Å². The summed E-state index contributed by atoms with van der Waals surface area (Å²) >= 11 is 1.85. The number of anilines is 1. The van der Waals surface area contributed by atoms with E-state index in [0.29, 0.717) is 5.69 Å². The second-order valence-electron chi connectivity index (χ2n) is 4.85. The van der Waals surface area contributed by atoms with Crippen molar-refractivity contribution in [2.24, 2.45) is 0 Å². The van der Waals surface area contributed by atoms with Crippen molar-refractivity contribution in [1.82, 2.24) is 5.32 Å². The Hall–Kier alpha value is -1.69. The number of carbonyl (C=O) groups is 2. The summed E-state index contributed by atoms with van der Waals surface area (Å²) in [6.07, 6.45) is 2.14. The summed E-state index contributed by atoms with van der Waals surface area (Å²) in [5.74, 6) is 1.14. The molecule has 1 aromatic rings. The smallest absolute Gasteiger partial charge is 0.335 e. The predicted octanol–water partition coefficient (Wildman–Crippen LogP) is 2.71. The molecule has 5 nitrogen and oxygen atoms in total. The number of carboxylic acid groups (broad SMARTS) is 1. The number of nitrogens with one attached hydrogen (secondary N) is 2. The van der Waals surface area contributed by atoms with Gasteiger partial charge < -0.3 is 15.7 Å². The Kier molecular flexibility index (Phi) is 4.89. The molecule has 1 fully saturated rings. The van der Waals surface area contributed by atoms with Gasteiger partial charge in [0, 0.05) is 17.5 Å². The molecule has 0 spiro atoms. The summed E-state index contributed by atoms with van der Waals surface area (Å²) in [5, 5.41) is 14.6. The Morgan fingerprint density at radius 2 is 2.20 bits per heavy atom. The van der Waals surface area contributed by atoms with Gasteiger partial charge >= 0.3 is 12.0 Å². The van der Waals surface area contributed by atoms with Crippen LogP contribution in [0.15, 0.2) is 18.2 Å². The molecular weight excluding hydrogens is 276 g/mol. The molecule has 0 radical (unpaired) electrons. The third-order valence-electron chi connectivity index (χ3n) is 3.22. The van der Waals surface area contributed by atoms with Crippen LogP contribution in [0.3, 0.4) is 0 Å². The summed E-state index contributed by atoms with van der Waals surface area (Å²) in [6, 6.07) is 4.64. The third kappa shape index (κ3) is 3.90. The van der Waals surface area contributed by atoms with Gasteiger partial charge in [-0.1, -0.05) is 0 Å². The minimum absolute atomic E-state index is 0.215. The second kappa shape index (κ2) is 6.65. The van der Waals surface area contributed by atoms with E-state index in [1.54, 1.807) is 19.1 Å². The van der Waals surface area contributed by atoms with Crippen molar-refractivity contribution in [2.75, 3.05) is 16.8 Å². The minimum atomic E-state index is -0.969. The summed E-state index contributed by atoms with van der Waals surface area (Å²) in [4.78, 5) is 22.8. The first-order valence-corrected chi connectivity index (χ1v) is 7.71. The molecule has 1 saturated heterocycles. The number of rotatable bonds is 3. The molecule has 0 aromatic heterocycles. The summed E-state index contributed by atoms with van der Waals surface area (Å²) in [7, 11) is 0. The maximum atomic E-state index is 11.9. The molecule has 2 rings (SSSR count). The first-order chi connectivity index (χ1) is 9.56. The van der Waals surface area contributed by atoms with E-state index >= 15 is 0 Å². The SMILES string of the molecule is Cc1cc(C(=O)O)ccc1NC(=O)NC1CCCSC1. The van der Waals surface area contributed by atoms with Crippen LogP contribution < -0.4 is 10.6 Å². The van der Waals surface area contributed by atoms with Crippen LogP contribution in [0.25, 0.3) is 0 Å². The Morgan fingerprint density at radius 1 is 1.40 bits per heavy atom. The zero-order valence-electron chi connectivity index (χ0n) is 11.3. The fourth-order valence-electron chi connectivity index (χ4n) is 2.14. The monoisotopic (exact) mass is 294 g/mol. The quantitative estimate of drug-likeness (QED) is 0.801. The number of thioether (sulfide) groups is 1. The molecule has 1 atom stereocenters. The summed E-state index contributed by atoms with van der Waals surface area (Å²) in [6.45, 7) is 1.78. The molecule has 1 aromatic carbocycles. The van der Waals surface area contributed by atoms with Crippen LogP contribution >= 0.6 is 11.8 Å². The summed E-state index contributed by atoms with van der Waals surface area (Å²) in [5.41, 5.74) is 1.59. The van der Waals surface area contributed by atoms with Gasteiger partial charge in [-0.15, -0.1) is 0 Å². The predicted molar refractivity (Wildman–Crippen MR) is 80.6 cm³/mol. The molecule has 20 heavy (non-hydrogen) atoms. The molecule has 0 aliphatic carbocycles. The lowest BCUT2D eigenvalue weighted by atomic mass is 10.1. The van der Waals surface area contributed by atoms with Crippen molar-refractivity contribution in [3.05, 3.63) is 29.3 Å². The van der Waals surface area contributed by atoms with Crippen molar-refractivity contribution in [3.63, 3.8) is 0 Å². The number of aromatic carboxylic acids is 1. The van der Waals surface area contributed by atoms with Crippen LogP contribution in [0.1, 0.15) is 28.8 Å². The second-order valence-corrected chi connectivity index (χ2v) is 6.00. The number of aryl methyl sites for hydroxylation is 1. The molecular formula is C14H18N2O3S. The largest absolute Gasteiger partial charge is 0.478 e. The van der Waals surface area contributed by atoms with E-state index in [2.05, 4.69) is 10.6 Å². The van der Waals surface area contributed by atoms with Gasteiger partial charge in [0.15, 0.2) is 0 Å². The van der Waals surface area contributed by atoms with E-state index in [-0.39, 0.29) is 17.6 Å². The highest BCUT2D eigenvalue weighted by molar-refractivity contribution is 7.99. The van der Waals surface area contributed by atoms with Crippen molar-refractivity contribution in [2.45, 2.75) is 25.8 Å². The topological polar surface area (TPSA) is 78.4 Å². The Labute approximate surface area is 122 Å². The van der Waals surface area contributed by atoms with E-state index in [1.807, 2.05) is 11.8 Å². The Bertz CT molecular complexity index is 513. The highest BCUT2D eigenvalue weighted by atomic mass is 32.2. The number of hydrogen-bond donors (Lipinski definition) is 3. The lowest BCUT2D eigenvalue weighted by Gasteiger charge is -2.22. The fraction of sp³-hybridized carbons (Fsp3) is 0.429. The molecule has 1 aliphatic heterocycles. The Morgan fingerprint density at radius 3 is 2.80 bits per heavy atom. The summed E-state index contributed by atoms with van der Waals surface area (Å²) < 4.78 is 0. The Balaban J connectivity index is 1.95. The first kappa shape index (κ1) is 14.7. The van der Waals surface area contributed by atoms with Crippen LogP contribution in [0.4, 0.5) is 10.5 Å². The normalized spacial score (nSPS) is 18.4. The number of urea groups is 1. The molecule has 2 amide bonds. The van der Waals surface area contributed by atoms with Gasteiger partial charge in [0.25, 0.3) is 0 Å². The maximum Gasteiger partial charge on any atom is 0.335 e. The number of amides is 2.